The molecule has 0 fully saturated rings. The fourth-order valence-electron chi connectivity index (χ4n) is 8.54. The molecule has 0 atom stereocenters. The first-order chi connectivity index (χ1) is 62.5. The van der Waals surface area contributed by atoms with Crippen molar-refractivity contribution in [3.8, 4) is 0 Å². The van der Waals surface area contributed by atoms with Crippen LogP contribution in [0.3, 0.4) is 0 Å². The van der Waals surface area contributed by atoms with Crippen LogP contribution < -0.4 is 95.4 Å². The predicted molar refractivity (Wildman–Crippen MR) is 469 cm³/mol. The van der Waals surface area contributed by atoms with Crippen LogP contribution in [0.1, 0.15) is 83.1 Å². The molecular weight excluding hydrogens is 2640 g/mol. The van der Waals surface area contributed by atoms with E-state index in [-0.39, 0.29) is 146 Å². The molecule has 54 heteroatoms. The van der Waals surface area contributed by atoms with Crippen LogP contribution in [0.25, 0.3) is 0 Å². The minimum atomic E-state index is -4.20. The van der Waals surface area contributed by atoms with Crippen molar-refractivity contribution < 1.29 is 166 Å². The Morgan fingerprint density at radius 1 is 0.152 bits per heavy atom. The number of hydrogen-bond acceptors (Lipinski definition) is 18. The molecule has 12 aromatic rings. The quantitative estimate of drug-likeness (QED) is 0.0604. The average Bonchev–Trinajstić information content (AvgIpc) is 1.02. The maximum absolute atomic E-state index is 12.6. The van der Waals surface area contributed by atoms with Crippen molar-refractivity contribution in [3.05, 3.63) is 364 Å². The number of pyridine rings is 12. The van der Waals surface area contributed by atoms with Crippen LogP contribution in [0.15, 0.2) is 293 Å². The van der Waals surface area contributed by atoms with Gasteiger partial charge in [0.25, 0.3) is 0 Å². The summed E-state index contributed by atoms with van der Waals surface area (Å²) in [5.41, 5.74) is 0. The van der Waals surface area contributed by atoms with E-state index < -0.39 is 126 Å². The van der Waals surface area contributed by atoms with Crippen molar-refractivity contribution in [2.75, 3.05) is 0 Å². The second-order valence-corrected chi connectivity index (χ2v) is 30.7. The molecule has 12 rings (SSSR count). The van der Waals surface area contributed by atoms with Crippen LogP contribution in [-0.2, 0) is 96.6 Å². The van der Waals surface area contributed by atoms with Gasteiger partial charge >= 0.3 is 256 Å². The number of hydrogen-bond donors (Lipinski definition) is 0. The summed E-state index contributed by atoms with van der Waals surface area (Å²) in [5.74, 6) is -2.17. The van der Waals surface area contributed by atoms with Gasteiger partial charge in [-0.25, -0.2) is 0 Å². The molecule has 0 amide bonds. The molecule has 0 aliphatic heterocycles. The van der Waals surface area contributed by atoms with Crippen molar-refractivity contribution in [1.82, 2.24) is 0 Å². The monoisotopic (exact) mass is 2740 g/mol. The Kier molecular flexibility index (Phi) is 122. The molecule has 774 valence electrons. The molecule has 0 N–H and O–H groups in total. The van der Waals surface area contributed by atoms with Gasteiger partial charge in [0.05, 0.1) is 0 Å². The molecule has 0 saturated carbocycles. The van der Waals surface area contributed by atoms with Crippen molar-refractivity contribution >= 4 is 201 Å². The van der Waals surface area contributed by atoms with Gasteiger partial charge in [0.1, 0.15) is 78.5 Å². The topological polar surface area (TPSA) is 426 Å². The number of rotatable bonds is 12. The van der Waals surface area contributed by atoms with E-state index in [1.165, 1.54) is 72.8 Å². The molecule has 0 saturated heterocycles. The number of halogens is 18. The Morgan fingerprint density at radius 2 is 0.203 bits per heavy atom. The summed E-state index contributed by atoms with van der Waals surface area (Å²) in [5, 5.41) is 0. The molecule has 12 aromatic heterocycles. The zero-order valence-corrected chi connectivity index (χ0v) is 96.8. The van der Waals surface area contributed by atoms with Gasteiger partial charge < -0.3 is 0 Å². The van der Waals surface area contributed by atoms with E-state index in [4.69, 9.17) is 58.7 Å². The van der Waals surface area contributed by atoms with Gasteiger partial charge in [-0.15, -0.1) is 127 Å². The third kappa shape index (κ3) is 96.1. The standard InChI is InChI=1S/12C7H9FN.6ClH.18O.6Sb/c12*1-2-9-6-4-3-5-7(9)8;;;;;;;;;;;;;;;;;;;;;;;;;;;;;;/h12*3-6H,2H2,1H3;6*1H;;;;;;;;;;;;;;;;;;;;;;;;/q12*+1;;;;;;;;;;;;;12*-1;;;;;;. The molecule has 0 aromatic carbocycles. The van der Waals surface area contributed by atoms with Gasteiger partial charge in [0, 0.05) is 146 Å². The van der Waals surface area contributed by atoms with Gasteiger partial charge in [-0.05, 0) is 156 Å². The third-order valence-electron chi connectivity index (χ3n) is 14.7. The molecule has 0 aliphatic rings. The van der Waals surface area contributed by atoms with Gasteiger partial charge in [-0.2, -0.15) is 54.8 Å². The summed E-state index contributed by atoms with van der Waals surface area (Å²) in [6.45, 7) is 31.1. The first-order valence-electron chi connectivity index (χ1n) is 39.1. The zero-order chi connectivity index (χ0) is 102. The number of aromatic nitrogens is 12. The van der Waals surface area contributed by atoms with E-state index in [2.05, 4.69) is 0 Å². The van der Waals surface area contributed by atoms with Crippen LogP contribution in [0.2, 0.25) is 0 Å². The number of aryl methyl sites for hydroxylation is 12. The Bertz CT molecular complexity index is 4050. The molecule has 12 heterocycles. The SMILES string of the molecule is CC[n+]1ccccc1F.CC[n+]1ccccc1F.CC[n+]1ccccc1F.CC[n+]1ccccc1F.CC[n+]1ccccc1F.CC[n+]1ccccc1F.CC[n+]1ccccc1F.CC[n+]1ccccc1F.CC[n+]1ccccc1F.CC[n+]1ccccc1F.CC[n+]1ccccc1F.CC[n+]1ccccc1F.Cl.Cl.Cl.Cl.Cl.Cl.[O]=[Sb]([O-])[O-].[O]=[Sb]([O-])[O-].[O]=[Sb]([O-])[O-].[O]=[Sb]([O-])[O-].[O]=[Sb]([O-])[O-].[O]=[Sb]([O-])[O-]. The average molecular weight is 2750 g/mol. The second-order valence-electron chi connectivity index (χ2n) is 23.1. The van der Waals surface area contributed by atoms with Crippen molar-refractivity contribution in [2.24, 2.45) is 0 Å². The van der Waals surface area contributed by atoms with E-state index in [0.717, 1.165) is 0 Å². The zero-order valence-electron chi connectivity index (χ0n) is 76.6. The van der Waals surface area contributed by atoms with Crippen molar-refractivity contribution in [1.29, 1.82) is 0 Å². The van der Waals surface area contributed by atoms with Crippen LogP contribution in [0.5, 0.6) is 0 Å². The maximum atomic E-state index is 12.6. The minimum absolute atomic E-state index is 0. The van der Waals surface area contributed by atoms with Gasteiger partial charge in [0.2, 0.25) is 0 Å². The van der Waals surface area contributed by atoms with Crippen LogP contribution in [0, 0.1) is 71.4 Å². The Morgan fingerprint density at radius 3 is 0.232 bits per heavy atom. The Hall–Kier alpha value is -6.07. The summed E-state index contributed by atoms with van der Waals surface area (Å²) >= 11 is -25.2. The Labute approximate surface area is 883 Å². The van der Waals surface area contributed by atoms with Gasteiger partial charge in [-0.1, -0.05) is 0 Å². The molecule has 30 nitrogen and oxygen atoms in total. The summed E-state index contributed by atoms with van der Waals surface area (Å²) in [4.78, 5) is 0. The van der Waals surface area contributed by atoms with Gasteiger partial charge in [-0.3, -0.25) is 0 Å². The van der Waals surface area contributed by atoms with E-state index in [0.29, 0.717) is 78.5 Å². The van der Waals surface area contributed by atoms with Crippen LogP contribution in [-0.4, -0.2) is 126 Å². The van der Waals surface area contributed by atoms with E-state index in [9.17, 15) is 52.7 Å². The van der Waals surface area contributed by atoms with Crippen LogP contribution in [0.4, 0.5) is 52.7 Å². The molecule has 0 bridgehead atoms. The first kappa shape index (κ1) is 157. The van der Waals surface area contributed by atoms with E-state index in [1.54, 1.807) is 202 Å². The molecule has 0 unspecified atom stereocenters. The fourth-order valence-corrected chi connectivity index (χ4v) is 8.54. The Balaban J connectivity index is -0.000000122. The fraction of sp³-hybridized carbons (Fsp3) is 0.286. The second kappa shape index (κ2) is 107. The molecule has 138 heavy (non-hydrogen) atoms. The molecular formula is C84H114Cl6F12N12O18Sb6. The predicted octanol–water partition coefficient (Wildman–Crippen LogP) is -1.14. The normalized spacial score (nSPS) is 8.61. The third-order valence-corrected chi connectivity index (χ3v) is 14.7. The van der Waals surface area contributed by atoms with Crippen molar-refractivity contribution in [3.63, 3.8) is 0 Å². The van der Waals surface area contributed by atoms with Gasteiger partial charge in [0.15, 0.2) is 74.4 Å². The summed E-state index contributed by atoms with van der Waals surface area (Å²) < 4.78 is 324. The molecule has 0 aliphatic carbocycles. The summed E-state index contributed by atoms with van der Waals surface area (Å²) in [7, 11) is 0. The van der Waals surface area contributed by atoms with Crippen LogP contribution >= 0.6 is 74.4 Å². The van der Waals surface area contributed by atoms with Crippen molar-refractivity contribution in [2.45, 2.75) is 162 Å². The number of nitrogens with zero attached hydrogens (tertiary/aromatic N) is 12. The summed E-state index contributed by atoms with van der Waals surface area (Å²) in [6.07, 6.45) is 20.6. The van der Waals surface area contributed by atoms with E-state index in [1.807, 2.05) is 156 Å². The molecule has 6 radical (unpaired) electrons. The first-order valence-corrected chi connectivity index (χ1v) is 57.8. The van der Waals surface area contributed by atoms with E-state index >= 15 is 0 Å². The molecule has 0 spiro atoms. The summed E-state index contributed by atoms with van der Waals surface area (Å²) in [6, 6.07) is 59.3.